The SMILES string of the molecule is N#Cc1cccc2c(O)cc(C(=O)O)nc12. The van der Waals surface area contributed by atoms with Crippen LogP contribution < -0.4 is 0 Å². The number of hydrogen-bond acceptors (Lipinski definition) is 4. The summed E-state index contributed by atoms with van der Waals surface area (Å²) in [6.07, 6.45) is 0. The number of hydrogen-bond donors (Lipinski definition) is 2. The van der Waals surface area contributed by atoms with Crippen molar-refractivity contribution in [1.29, 1.82) is 5.26 Å². The van der Waals surface area contributed by atoms with Gasteiger partial charge in [-0.1, -0.05) is 6.07 Å². The first-order chi connectivity index (χ1) is 7.63. The number of nitriles is 1. The van der Waals surface area contributed by atoms with Crippen molar-refractivity contribution in [3.05, 3.63) is 35.5 Å². The summed E-state index contributed by atoms with van der Waals surface area (Å²) in [4.78, 5) is 14.6. The second-order valence-electron chi connectivity index (χ2n) is 3.15. The standard InChI is InChI=1S/C11H6N2O3/c12-5-6-2-1-3-7-9(14)4-8(11(15)16)13-10(6)7/h1-4H,(H,13,14)(H,15,16). The zero-order valence-corrected chi connectivity index (χ0v) is 8.01. The van der Waals surface area contributed by atoms with Crippen LogP contribution in [0.15, 0.2) is 24.3 Å². The molecule has 5 nitrogen and oxygen atoms in total. The molecule has 16 heavy (non-hydrogen) atoms. The van der Waals surface area contributed by atoms with E-state index in [0.29, 0.717) is 5.39 Å². The number of carboxylic acid groups (broad SMARTS) is 1. The molecule has 1 aromatic heterocycles. The number of aromatic hydroxyl groups is 1. The van der Waals surface area contributed by atoms with Crippen molar-refractivity contribution in [2.45, 2.75) is 0 Å². The van der Waals surface area contributed by atoms with Gasteiger partial charge in [0, 0.05) is 11.5 Å². The molecule has 0 atom stereocenters. The molecule has 2 rings (SSSR count). The van der Waals surface area contributed by atoms with Gasteiger partial charge in [-0.15, -0.1) is 0 Å². The van der Waals surface area contributed by atoms with Crippen LogP contribution in [0.1, 0.15) is 16.1 Å². The van der Waals surface area contributed by atoms with Crippen molar-refractivity contribution in [2.24, 2.45) is 0 Å². The quantitative estimate of drug-likeness (QED) is 0.750. The van der Waals surface area contributed by atoms with E-state index in [2.05, 4.69) is 4.98 Å². The summed E-state index contributed by atoms with van der Waals surface area (Å²) in [7, 11) is 0. The van der Waals surface area contributed by atoms with Crippen LogP contribution >= 0.6 is 0 Å². The molecular weight excluding hydrogens is 208 g/mol. The molecule has 0 amide bonds. The van der Waals surface area contributed by atoms with Gasteiger partial charge in [0.1, 0.15) is 11.8 Å². The van der Waals surface area contributed by atoms with Gasteiger partial charge in [0.2, 0.25) is 0 Å². The molecule has 0 aliphatic carbocycles. The Labute approximate surface area is 90.2 Å². The lowest BCUT2D eigenvalue weighted by Crippen LogP contribution is -2.00. The van der Waals surface area contributed by atoms with Gasteiger partial charge in [0.05, 0.1) is 11.1 Å². The van der Waals surface area contributed by atoms with Crippen molar-refractivity contribution in [3.63, 3.8) is 0 Å². The summed E-state index contributed by atoms with van der Waals surface area (Å²) >= 11 is 0. The van der Waals surface area contributed by atoms with Crippen LogP contribution in [0.4, 0.5) is 0 Å². The molecule has 0 bridgehead atoms. The Morgan fingerprint density at radius 3 is 2.81 bits per heavy atom. The van der Waals surface area contributed by atoms with E-state index in [1.54, 1.807) is 12.1 Å². The topological polar surface area (TPSA) is 94.2 Å². The van der Waals surface area contributed by atoms with Gasteiger partial charge in [-0.3, -0.25) is 0 Å². The Kier molecular flexibility index (Phi) is 2.18. The molecule has 78 valence electrons. The van der Waals surface area contributed by atoms with Crippen molar-refractivity contribution in [2.75, 3.05) is 0 Å². The molecule has 0 aliphatic rings. The third-order valence-corrected chi connectivity index (χ3v) is 2.16. The molecule has 2 N–H and O–H groups in total. The van der Waals surface area contributed by atoms with E-state index in [1.807, 2.05) is 6.07 Å². The molecule has 1 aromatic carbocycles. The Morgan fingerprint density at radius 1 is 1.44 bits per heavy atom. The van der Waals surface area contributed by atoms with Gasteiger partial charge >= 0.3 is 5.97 Å². The third-order valence-electron chi connectivity index (χ3n) is 2.16. The van der Waals surface area contributed by atoms with E-state index in [0.717, 1.165) is 6.07 Å². The highest BCUT2D eigenvalue weighted by Crippen LogP contribution is 2.26. The molecule has 0 saturated carbocycles. The fraction of sp³-hybridized carbons (Fsp3) is 0. The van der Waals surface area contributed by atoms with Crippen LogP contribution in [-0.4, -0.2) is 21.2 Å². The molecule has 1 heterocycles. The largest absolute Gasteiger partial charge is 0.507 e. The number of fused-ring (bicyclic) bond motifs is 1. The van der Waals surface area contributed by atoms with E-state index in [1.165, 1.54) is 6.07 Å². The Bertz CT molecular complexity index is 629. The van der Waals surface area contributed by atoms with Crippen molar-refractivity contribution in [3.8, 4) is 11.8 Å². The zero-order chi connectivity index (χ0) is 11.7. The number of carboxylic acids is 1. The fourth-order valence-electron chi connectivity index (χ4n) is 1.43. The van der Waals surface area contributed by atoms with Crippen LogP contribution in [0.5, 0.6) is 5.75 Å². The maximum atomic E-state index is 10.7. The minimum absolute atomic E-state index is 0.195. The first kappa shape index (κ1) is 9.93. The van der Waals surface area contributed by atoms with E-state index in [4.69, 9.17) is 10.4 Å². The molecule has 0 saturated heterocycles. The fourth-order valence-corrected chi connectivity index (χ4v) is 1.43. The van der Waals surface area contributed by atoms with E-state index in [-0.39, 0.29) is 22.5 Å². The lowest BCUT2D eigenvalue weighted by molar-refractivity contribution is 0.0690. The maximum Gasteiger partial charge on any atom is 0.354 e. The van der Waals surface area contributed by atoms with E-state index < -0.39 is 5.97 Å². The van der Waals surface area contributed by atoms with Gasteiger partial charge in [-0.2, -0.15) is 5.26 Å². The van der Waals surface area contributed by atoms with Gasteiger partial charge in [0.15, 0.2) is 5.69 Å². The number of nitrogens with zero attached hydrogens (tertiary/aromatic N) is 2. The summed E-state index contributed by atoms with van der Waals surface area (Å²) in [5.41, 5.74) is 0.144. The van der Waals surface area contributed by atoms with Gasteiger partial charge < -0.3 is 10.2 Å². The highest BCUT2D eigenvalue weighted by Gasteiger charge is 2.12. The molecule has 2 aromatic rings. The van der Waals surface area contributed by atoms with Crippen LogP contribution in [0.25, 0.3) is 10.9 Å². The summed E-state index contributed by atoms with van der Waals surface area (Å²) in [5, 5.41) is 27.6. The summed E-state index contributed by atoms with van der Waals surface area (Å²) in [6.45, 7) is 0. The Hall–Kier alpha value is -2.61. The Balaban J connectivity index is 2.89. The molecular formula is C11H6N2O3. The first-order valence-corrected chi connectivity index (χ1v) is 4.39. The summed E-state index contributed by atoms with van der Waals surface area (Å²) in [5.74, 6) is -1.44. The number of aromatic carboxylic acids is 1. The number of para-hydroxylation sites is 1. The molecule has 5 heteroatoms. The average Bonchev–Trinajstić information content (AvgIpc) is 2.28. The average molecular weight is 214 g/mol. The second-order valence-corrected chi connectivity index (χ2v) is 3.15. The van der Waals surface area contributed by atoms with E-state index in [9.17, 15) is 9.90 Å². The van der Waals surface area contributed by atoms with Gasteiger partial charge in [0.25, 0.3) is 0 Å². The van der Waals surface area contributed by atoms with Crippen molar-refractivity contribution in [1.82, 2.24) is 4.98 Å². The van der Waals surface area contributed by atoms with Crippen LogP contribution in [0.2, 0.25) is 0 Å². The van der Waals surface area contributed by atoms with Crippen LogP contribution in [0, 0.1) is 11.3 Å². The second kappa shape index (κ2) is 3.51. The van der Waals surface area contributed by atoms with Crippen LogP contribution in [-0.2, 0) is 0 Å². The predicted molar refractivity (Wildman–Crippen MR) is 55.1 cm³/mol. The monoisotopic (exact) mass is 214 g/mol. The third kappa shape index (κ3) is 1.42. The molecule has 0 spiro atoms. The number of aromatic nitrogens is 1. The van der Waals surface area contributed by atoms with Gasteiger partial charge in [-0.25, -0.2) is 9.78 Å². The number of carbonyl (C=O) groups is 1. The Morgan fingerprint density at radius 2 is 2.19 bits per heavy atom. The minimum Gasteiger partial charge on any atom is -0.507 e. The van der Waals surface area contributed by atoms with Crippen molar-refractivity contribution < 1.29 is 15.0 Å². The predicted octanol–water partition coefficient (Wildman–Crippen LogP) is 1.51. The lowest BCUT2D eigenvalue weighted by Gasteiger charge is -2.03. The first-order valence-electron chi connectivity index (χ1n) is 4.39. The van der Waals surface area contributed by atoms with Crippen molar-refractivity contribution >= 4 is 16.9 Å². The van der Waals surface area contributed by atoms with Gasteiger partial charge in [-0.05, 0) is 12.1 Å². The molecule has 0 fully saturated rings. The minimum atomic E-state index is -1.25. The normalized spacial score (nSPS) is 9.94. The summed E-state index contributed by atoms with van der Waals surface area (Å²) in [6, 6.07) is 7.65. The molecule has 0 radical (unpaired) electrons. The lowest BCUT2D eigenvalue weighted by atomic mass is 10.1. The maximum absolute atomic E-state index is 10.7. The van der Waals surface area contributed by atoms with E-state index >= 15 is 0 Å². The molecule has 0 aliphatic heterocycles. The number of rotatable bonds is 1. The highest BCUT2D eigenvalue weighted by atomic mass is 16.4. The zero-order valence-electron chi connectivity index (χ0n) is 8.01. The number of pyridine rings is 1. The summed E-state index contributed by atoms with van der Waals surface area (Å²) < 4.78 is 0. The van der Waals surface area contributed by atoms with Crippen LogP contribution in [0.3, 0.4) is 0 Å². The molecule has 0 unspecified atom stereocenters. The highest BCUT2D eigenvalue weighted by molar-refractivity contribution is 5.95. The number of benzene rings is 1. The smallest absolute Gasteiger partial charge is 0.354 e.